The van der Waals surface area contributed by atoms with Crippen molar-refractivity contribution in [2.45, 2.75) is 6.55 Å². The number of aliphatic imine (C=N–C) groups is 1. The Labute approximate surface area is 109 Å². The highest BCUT2D eigenvalue weighted by Gasteiger charge is 2.10. The maximum Gasteiger partial charge on any atom is 0.346 e. The summed E-state index contributed by atoms with van der Waals surface area (Å²) in [5, 5.41) is 3.23. The minimum atomic E-state index is -2.84. The lowest BCUT2D eigenvalue weighted by atomic mass is 10.6. The summed E-state index contributed by atoms with van der Waals surface area (Å²) in [7, 11) is 0. The summed E-state index contributed by atoms with van der Waals surface area (Å²) in [5.74, 6) is 0.191. The van der Waals surface area contributed by atoms with Crippen LogP contribution in [0.2, 0.25) is 5.28 Å². The van der Waals surface area contributed by atoms with Gasteiger partial charge in [0.1, 0.15) is 6.34 Å². The minimum Gasteiger partial charge on any atom is -0.267 e. The van der Waals surface area contributed by atoms with Crippen LogP contribution < -0.4 is 5.43 Å². The molecule has 0 aliphatic rings. The molecule has 0 aliphatic heterocycles. The average molecular weight is 328 g/mol. The number of halogens is 4. The Balaban J connectivity index is 2.70. The summed E-state index contributed by atoms with van der Waals surface area (Å²) in [5.41, 5.74) is 2.10. The number of aromatic nitrogens is 2. The lowest BCUT2D eigenvalue weighted by Gasteiger charge is -2.14. The molecular weight excluding hydrogens is 321 g/mol. The van der Waals surface area contributed by atoms with Crippen molar-refractivity contribution in [2.24, 2.45) is 10.1 Å². The van der Waals surface area contributed by atoms with Crippen LogP contribution in [0.25, 0.3) is 0 Å². The molecule has 6 nitrogen and oxygen atoms in total. The molecule has 0 unspecified atom stereocenters. The van der Waals surface area contributed by atoms with Gasteiger partial charge in [0.15, 0.2) is 5.82 Å². The molecule has 0 radical (unpaired) electrons. The molecule has 1 aromatic rings. The molecule has 0 bridgehead atoms. The predicted octanol–water partition coefficient (Wildman–Crippen LogP) is 2.20. The first-order valence-electron chi connectivity index (χ1n) is 4.05. The second-order valence-corrected chi connectivity index (χ2v) is 3.65. The van der Waals surface area contributed by atoms with Gasteiger partial charge in [0.2, 0.25) is 5.28 Å². The van der Waals surface area contributed by atoms with Crippen LogP contribution >= 0.6 is 27.5 Å². The van der Waals surface area contributed by atoms with Gasteiger partial charge in [0.25, 0.3) is 0 Å². The van der Waals surface area contributed by atoms with Gasteiger partial charge in [-0.3, -0.25) is 5.43 Å². The van der Waals surface area contributed by atoms with Gasteiger partial charge in [-0.15, -0.1) is 5.12 Å². The van der Waals surface area contributed by atoms with Crippen molar-refractivity contribution in [2.75, 3.05) is 0 Å². The number of hydrazone groups is 1. The Bertz CT molecular complexity index is 429. The predicted molar refractivity (Wildman–Crippen MR) is 63.4 cm³/mol. The third kappa shape index (κ3) is 4.19. The standard InChI is InChI=1S/C7H6BrClF2N6/c1-12-17(7(10)11)15-3-14-5-4(8)2-13-6(9)16-5/h2-3,7H,1H2,(H,13,14,15,16). The first kappa shape index (κ1) is 13.7. The van der Waals surface area contributed by atoms with Crippen molar-refractivity contribution in [3.63, 3.8) is 0 Å². The van der Waals surface area contributed by atoms with E-state index in [0.29, 0.717) is 4.47 Å². The fraction of sp³-hybridized carbons (Fsp3) is 0.143. The summed E-state index contributed by atoms with van der Waals surface area (Å²) in [6, 6.07) is 0. The summed E-state index contributed by atoms with van der Waals surface area (Å²) in [6.45, 7) is 0.119. The van der Waals surface area contributed by atoms with Gasteiger partial charge in [-0.05, 0) is 27.5 Å². The van der Waals surface area contributed by atoms with E-state index in [1.807, 2.05) is 0 Å². The van der Waals surface area contributed by atoms with Gasteiger partial charge in [-0.2, -0.15) is 18.9 Å². The van der Waals surface area contributed by atoms with Crippen LogP contribution in [0.3, 0.4) is 0 Å². The molecule has 10 heteroatoms. The Morgan fingerprint density at radius 3 is 2.94 bits per heavy atom. The number of nitrogens with zero attached hydrogens (tertiary/aromatic N) is 5. The average Bonchev–Trinajstić information content (AvgIpc) is 2.28. The van der Waals surface area contributed by atoms with Crippen LogP contribution in [0.1, 0.15) is 0 Å². The first-order chi connectivity index (χ1) is 8.04. The van der Waals surface area contributed by atoms with Crippen molar-refractivity contribution < 1.29 is 8.78 Å². The second kappa shape index (κ2) is 6.40. The maximum atomic E-state index is 12.2. The molecule has 0 spiro atoms. The Morgan fingerprint density at radius 1 is 1.65 bits per heavy atom. The molecule has 1 rings (SSSR count). The summed E-state index contributed by atoms with van der Waals surface area (Å²) in [6.07, 6.45) is 2.36. The van der Waals surface area contributed by atoms with Crippen LogP contribution in [0.5, 0.6) is 0 Å². The summed E-state index contributed by atoms with van der Waals surface area (Å²) in [4.78, 5) is 11.2. The van der Waals surface area contributed by atoms with Crippen molar-refractivity contribution >= 4 is 46.4 Å². The molecule has 0 saturated heterocycles. The Morgan fingerprint density at radius 2 is 2.35 bits per heavy atom. The number of hydrogen-bond acceptors (Lipinski definition) is 5. The SMILES string of the molecule is C=NN(NC=Nc1nc(Cl)ncc1Br)C(F)F. The van der Waals surface area contributed by atoms with E-state index in [0.717, 1.165) is 6.34 Å². The van der Waals surface area contributed by atoms with Crippen LogP contribution in [-0.4, -0.2) is 34.7 Å². The monoisotopic (exact) mass is 326 g/mol. The van der Waals surface area contributed by atoms with Crippen molar-refractivity contribution in [3.8, 4) is 0 Å². The van der Waals surface area contributed by atoms with Crippen molar-refractivity contribution in [1.82, 2.24) is 20.5 Å². The van der Waals surface area contributed by atoms with Gasteiger partial charge < -0.3 is 0 Å². The largest absolute Gasteiger partial charge is 0.346 e. The zero-order chi connectivity index (χ0) is 12.8. The summed E-state index contributed by atoms with van der Waals surface area (Å²) >= 11 is 8.66. The van der Waals surface area contributed by atoms with Crippen LogP contribution in [-0.2, 0) is 0 Å². The number of hydrazine groups is 1. The fourth-order valence-corrected chi connectivity index (χ4v) is 1.16. The van der Waals surface area contributed by atoms with E-state index in [1.54, 1.807) is 0 Å². The first-order valence-corrected chi connectivity index (χ1v) is 5.22. The number of rotatable bonds is 5. The van der Waals surface area contributed by atoms with Crippen LogP contribution in [0, 0.1) is 0 Å². The molecule has 0 aliphatic carbocycles. The van der Waals surface area contributed by atoms with Crippen molar-refractivity contribution in [3.05, 3.63) is 16.0 Å². The molecule has 1 heterocycles. The summed E-state index contributed by atoms with van der Waals surface area (Å²) < 4.78 is 24.8. The molecule has 92 valence electrons. The van der Waals surface area contributed by atoms with E-state index >= 15 is 0 Å². The topological polar surface area (TPSA) is 65.8 Å². The molecule has 1 N–H and O–H groups in total. The van der Waals surface area contributed by atoms with Gasteiger partial charge in [-0.1, -0.05) is 0 Å². The molecule has 0 saturated carbocycles. The third-order valence-corrected chi connectivity index (χ3v) is 2.15. The smallest absolute Gasteiger partial charge is 0.267 e. The highest BCUT2D eigenvalue weighted by molar-refractivity contribution is 9.10. The zero-order valence-electron chi connectivity index (χ0n) is 8.19. The number of nitrogens with one attached hydrogen (secondary N) is 1. The Kier molecular flexibility index (Phi) is 5.16. The van der Waals surface area contributed by atoms with Gasteiger partial charge in [-0.25, -0.2) is 9.98 Å². The van der Waals surface area contributed by atoms with E-state index < -0.39 is 6.55 Å². The van der Waals surface area contributed by atoms with Gasteiger partial charge >= 0.3 is 6.55 Å². The highest BCUT2D eigenvalue weighted by Crippen LogP contribution is 2.22. The lowest BCUT2D eigenvalue weighted by molar-refractivity contribution is -0.0425. The normalized spacial score (nSPS) is 10.9. The van der Waals surface area contributed by atoms with Gasteiger partial charge in [0.05, 0.1) is 4.47 Å². The third-order valence-electron chi connectivity index (χ3n) is 1.41. The fourth-order valence-electron chi connectivity index (χ4n) is 0.736. The lowest BCUT2D eigenvalue weighted by Crippen LogP contribution is -2.36. The highest BCUT2D eigenvalue weighted by atomic mass is 79.9. The molecular formula is C7H6BrClF2N6. The zero-order valence-corrected chi connectivity index (χ0v) is 10.5. The van der Waals surface area contributed by atoms with E-state index in [4.69, 9.17) is 11.6 Å². The molecule has 17 heavy (non-hydrogen) atoms. The molecule has 1 aromatic heterocycles. The Hall–Kier alpha value is -1.35. The van der Waals surface area contributed by atoms with E-state index in [-0.39, 0.29) is 16.2 Å². The van der Waals surface area contributed by atoms with E-state index in [9.17, 15) is 8.78 Å². The minimum absolute atomic E-state index is 0.00656. The maximum absolute atomic E-state index is 12.2. The van der Waals surface area contributed by atoms with Crippen molar-refractivity contribution in [1.29, 1.82) is 0 Å². The number of alkyl halides is 2. The quantitative estimate of drug-likeness (QED) is 0.296. The van der Waals surface area contributed by atoms with E-state index in [2.05, 4.69) is 48.1 Å². The number of hydrogen-bond donors (Lipinski definition) is 1. The molecule has 0 aromatic carbocycles. The molecule has 0 fully saturated rings. The van der Waals surface area contributed by atoms with Crippen LogP contribution in [0.15, 0.2) is 20.8 Å². The second-order valence-electron chi connectivity index (χ2n) is 2.46. The molecule has 0 atom stereocenters. The van der Waals surface area contributed by atoms with E-state index in [1.165, 1.54) is 6.20 Å². The molecule has 0 amide bonds. The van der Waals surface area contributed by atoms with Gasteiger partial charge in [0, 0.05) is 12.9 Å². The van der Waals surface area contributed by atoms with Crippen LogP contribution in [0.4, 0.5) is 14.6 Å².